The molecule has 0 spiro atoms. The molecule has 6 rings (SSSR count). The van der Waals surface area contributed by atoms with Crippen LogP contribution in [0.3, 0.4) is 0 Å². The molecule has 2 saturated heterocycles. The number of benzene rings is 4. The summed E-state index contributed by atoms with van der Waals surface area (Å²) >= 11 is 0. The van der Waals surface area contributed by atoms with Crippen LogP contribution >= 0.6 is 0 Å². The van der Waals surface area contributed by atoms with Crippen molar-refractivity contribution in [2.75, 3.05) is 13.2 Å². The molecule has 332 valence electrons. The Balaban J connectivity index is 1.37. The number of amides is 1. The van der Waals surface area contributed by atoms with Crippen molar-refractivity contribution >= 4 is 11.9 Å². The van der Waals surface area contributed by atoms with Gasteiger partial charge in [0.15, 0.2) is 18.7 Å². The molecule has 2 aliphatic heterocycles. The van der Waals surface area contributed by atoms with Gasteiger partial charge in [-0.3, -0.25) is 9.59 Å². The largest absolute Gasteiger partial charge is 0.454 e. The van der Waals surface area contributed by atoms with E-state index in [9.17, 15) is 9.59 Å². The molecule has 0 aromatic heterocycles. The van der Waals surface area contributed by atoms with E-state index in [1.54, 1.807) is 0 Å². The summed E-state index contributed by atoms with van der Waals surface area (Å²) in [4.78, 5) is 26.0. The van der Waals surface area contributed by atoms with E-state index in [0.717, 1.165) is 28.7 Å². The standard InChI is InChI=1S/C50H61NO11/c1-5-7-20-29-55-50-48(59-36(4)53)47(58-33-40-27-18-11-19-28-40)45(41(6-2)60-50)62-49-43(51-35(3)52)46(57-32-39-25-16-10-17-26-39)44(56-31-38-23-14-9-15-24-38)42(61-49)34-54-30-37-21-12-8-13-22-37/h5,8-19,21-28,41-50H,1,6-7,20,29-34H2,2-4H3,(H,51,52). The molecule has 1 N–H and O–H groups in total. The normalized spacial score (nSPS) is 26.0. The SMILES string of the molecule is C=CCCCOC1OC(CC)C(OC2OC(COCc3ccccc3)C(OCc3ccccc3)C(OCc3ccccc3)C2NC(C)=O)C(OCc2ccccc2)C1OC(C)=O. The molecule has 1 amide bonds. The molecule has 4 aromatic carbocycles. The highest BCUT2D eigenvalue weighted by molar-refractivity contribution is 5.73. The maximum atomic E-state index is 13.2. The highest BCUT2D eigenvalue weighted by Crippen LogP contribution is 2.36. The number of hydrogen-bond donors (Lipinski definition) is 1. The van der Waals surface area contributed by atoms with Gasteiger partial charge in [-0.25, -0.2) is 0 Å². The van der Waals surface area contributed by atoms with E-state index in [2.05, 4.69) is 11.9 Å². The van der Waals surface area contributed by atoms with Crippen LogP contribution in [-0.4, -0.2) is 86.4 Å². The molecule has 12 heteroatoms. The number of carbonyl (C=O) groups excluding carboxylic acids is 2. The molecule has 0 bridgehead atoms. The van der Waals surface area contributed by atoms with Crippen LogP contribution in [0.2, 0.25) is 0 Å². The quantitative estimate of drug-likeness (QED) is 0.0450. The van der Waals surface area contributed by atoms with Crippen molar-refractivity contribution in [3.05, 3.63) is 156 Å². The van der Waals surface area contributed by atoms with Crippen LogP contribution in [0.5, 0.6) is 0 Å². The summed E-state index contributed by atoms with van der Waals surface area (Å²) in [6, 6.07) is 38.3. The van der Waals surface area contributed by atoms with Crippen LogP contribution in [0.1, 0.15) is 62.3 Å². The summed E-state index contributed by atoms with van der Waals surface area (Å²) in [6.45, 7) is 9.98. The zero-order chi connectivity index (χ0) is 43.5. The maximum Gasteiger partial charge on any atom is 0.303 e. The highest BCUT2D eigenvalue weighted by Gasteiger charge is 2.54. The van der Waals surface area contributed by atoms with Crippen molar-refractivity contribution in [3.63, 3.8) is 0 Å². The van der Waals surface area contributed by atoms with Gasteiger partial charge in [0.2, 0.25) is 5.91 Å². The summed E-state index contributed by atoms with van der Waals surface area (Å²) in [5, 5.41) is 3.10. The van der Waals surface area contributed by atoms with E-state index < -0.39 is 67.3 Å². The third kappa shape index (κ3) is 13.9. The van der Waals surface area contributed by atoms with Gasteiger partial charge >= 0.3 is 5.97 Å². The lowest BCUT2D eigenvalue weighted by molar-refractivity contribution is -0.355. The average molecular weight is 852 g/mol. The molecular formula is C50H61NO11. The van der Waals surface area contributed by atoms with Gasteiger partial charge in [-0.15, -0.1) is 6.58 Å². The molecule has 10 unspecified atom stereocenters. The fourth-order valence-electron chi connectivity index (χ4n) is 7.70. The van der Waals surface area contributed by atoms with E-state index in [4.69, 9.17) is 42.6 Å². The van der Waals surface area contributed by atoms with Crippen molar-refractivity contribution in [2.24, 2.45) is 0 Å². The van der Waals surface area contributed by atoms with Crippen molar-refractivity contribution in [1.29, 1.82) is 0 Å². The molecule has 4 aromatic rings. The topological polar surface area (TPSA) is 129 Å². The van der Waals surface area contributed by atoms with Gasteiger partial charge in [0, 0.05) is 13.8 Å². The Morgan fingerprint density at radius 3 is 1.61 bits per heavy atom. The average Bonchev–Trinajstić information content (AvgIpc) is 3.29. The zero-order valence-corrected chi connectivity index (χ0v) is 36.0. The Morgan fingerprint density at radius 1 is 0.613 bits per heavy atom. The summed E-state index contributed by atoms with van der Waals surface area (Å²) in [5.74, 6) is -0.857. The van der Waals surface area contributed by atoms with E-state index in [0.29, 0.717) is 26.1 Å². The number of rotatable bonds is 23. The molecule has 0 saturated carbocycles. The Morgan fingerprint density at radius 2 is 1.11 bits per heavy atom. The minimum Gasteiger partial charge on any atom is -0.454 e. The fourth-order valence-corrected chi connectivity index (χ4v) is 7.70. The second-order valence-corrected chi connectivity index (χ2v) is 15.5. The van der Waals surface area contributed by atoms with Crippen LogP contribution < -0.4 is 5.32 Å². The molecule has 2 heterocycles. The fraction of sp³-hybridized carbons (Fsp3) is 0.440. The van der Waals surface area contributed by atoms with Crippen LogP contribution in [0.15, 0.2) is 134 Å². The van der Waals surface area contributed by atoms with Crippen LogP contribution in [0, 0.1) is 0 Å². The smallest absolute Gasteiger partial charge is 0.303 e. The Hall–Kier alpha value is -4.76. The number of ether oxygens (including phenoxy) is 9. The van der Waals surface area contributed by atoms with Crippen molar-refractivity contribution < 1.29 is 52.2 Å². The van der Waals surface area contributed by atoms with Gasteiger partial charge in [-0.05, 0) is 41.5 Å². The first-order valence-corrected chi connectivity index (χ1v) is 21.5. The number of hydrogen-bond acceptors (Lipinski definition) is 11. The first kappa shape index (κ1) is 46.7. The molecule has 12 nitrogen and oxygen atoms in total. The van der Waals surface area contributed by atoms with Gasteiger partial charge in [-0.1, -0.05) is 134 Å². The third-order valence-corrected chi connectivity index (χ3v) is 10.7. The lowest BCUT2D eigenvalue weighted by atomic mass is 9.93. The van der Waals surface area contributed by atoms with E-state index in [1.807, 2.05) is 134 Å². The van der Waals surface area contributed by atoms with Crippen molar-refractivity contribution in [2.45, 2.75) is 128 Å². The molecule has 10 atom stereocenters. The van der Waals surface area contributed by atoms with Crippen LogP contribution in [0.25, 0.3) is 0 Å². The molecule has 62 heavy (non-hydrogen) atoms. The van der Waals surface area contributed by atoms with Gasteiger partial charge in [-0.2, -0.15) is 0 Å². The summed E-state index contributed by atoms with van der Waals surface area (Å²) in [6.07, 6.45) is -4.05. The zero-order valence-electron chi connectivity index (χ0n) is 36.0. The van der Waals surface area contributed by atoms with Gasteiger partial charge in [0.05, 0.1) is 45.7 Å². The summed E-state index contributed by atoms with van der Waals surface area (Å²) in [5.41, 5.74) is 3.78. The number of allylic oxidation sites excluding steroid dienone is 1. The lowest BCUT2D eigenvalue weighted by Crippen LogP contribution is -2.68. The summed E-state index contributed by atoms with van der Waals surface area (Å²) in [7, 11) is 0. The maximum absolute atomic E-state index is 13.2. The van der Waals surface area contributed by atoms with Gasteiger partial charge < -0.3 is 47.9 Å². The van der Waals surface area contributed by atoms with E-state index in [1.165, 1.54) is 13.8 Å². The minimum absolute atomic E-state index is 0.106. The number of esters is 1. The number of nitrogens with one attached hydrogen (secondary N) is 1. The molecule has 0 aliphatic carbocycles. The van der Waals surface area contributed by atoms with Crippen molar-refractivity contribution in [3.8, 4) is 0 Å². The Labute approximate surface area is 365 Å². The van der Waals surface area contributed by atoms with Crippen LogP contribution in [-0.2, 0) is 78.6 Å². The van der Waals surface area contributed by atoms with Gasteiger partial charge in [0.1, 0.15) is 36.6 Å². The second-order valence-electron chi connectivity index (χ2n) is 15.5. The highest BCUT2D eigenvalue weighted by atomic mass is 16.8. The predicted octanol–water partition coefficient (Wildman–Crippen LogP) is 7.62. The van der Waals surface area contributed by atoms with Gasteiger partial charge in [0.25, 0.3) is 0 Å². The van der Waals surface area contributed by atoms with Crippen LogP contribution in [0.4, 0.5) is 0 Å². The molecule has 2 fully saturated rings. The summed E-state index contributed by atoms with van der Waals surface area (Å²) < 4.78 is 59.6. The lowest BCUT2D eigenvalue weighted by Gasteiger charge is -2.50. The van der Waals surface area contributed by atoms with Crippen molar-refractivity contribution in [1.82, 2.24) is 5.32 Å². The molecule has 2 aliphatic rings. The first-order valence-electron chi connectivity index (χ1n) is 21.5. The molecular weight excluding hydrogens is 791 g/mol. The van der Waals surface area contributed by atoms with E-state index >= 15 is 0 Å². The molecule has 0 radical (unpaired) electrons. The Kier molecular flexibility index (Phi) is 18.7. The minimum atomic E-state index is -1.14. The first-order chi connectivity index (χ1) is 30.3. The third-order valence-electron chi connectivity index (χ3n) is 10.7. The number of unbranched alkanes of at least 4 members (excludes halogenated alkanes) is 1. The van der Waals surface area contributed by atoms with E-state index in [-0.39, 0.29) is 32.3 Å². The second kappa shape index (κ2) is 24.8. The number of carbonyl (C=O) groups is 2. The predicted molar refractivity (Wildman–Crippen MR) is 232 cm³/mol. The monoisotopic (exact) mass is 851 g/mol. The Bertz CT molecular complexity index is 1900.